The zero-order valence-corrected chi connectivity index (χ0v) is 23.5. The first-order valence-corrected chi connectivity index (χ1v) is 13.7. The van der Waals surface area contributed by atoms with Crippen molar-refractivity contribution in [1.82, 2.24) is 4.90 Å². The van der Waals surface area contributed by atoms with Gasteiger partial charge < -0.3 is 5.32 Å². The Morgan fingerprint density at radius 2 is 1.32 bits per heavy atom. The van der Waals surface area contributed by atoms with Crippen LogP contribution in [0.1, 0.15) is 34.7 Å². The van der Waals surface area contributed by atoms with E-state index >= 15 is 0 Å². The third-order valence-electron chi connectivity index (χ3n) is 7.98. The summed E-state index contributed by atoms with van der Waals surface area (Å²) in [5.41, 5.74) is 4.01. The molecule has 0 radical (unpaired) electrons. The molecule has 37 heavy (non-hydrogen) atoms. The summed E-state index contributed by atoms with van der Waals surface area (Å²) in [5.74, 6) is -3.44. The molecule has 5 nitrogen and oxygen atoms in total. The van der Waals surface area contributed by atoms with E-state index in [9.17, 15) is 14.4 Å². The van der Waals surface area contributed by atoms with Gasteiger partial charge in [0.05, 0.1) is 16.9 Å². The van der Waals surface area contributed by atoms with Crippen molar-refractivity contribution in [3.8, 4) is 0 Å². The molecule has 0 aromatic heterocycles. The number of amides is 3. The van der Waals surface area contributed by atoms with Crippen molar-refractivity contribution >= 4 is 74.1 Å². The zero-order chi connectivity index (χ0) is 26.4. The monoisotopic (exact) mass is 616 g/mol. The number of imide groups is 1. The molecule has 1 heterocycles. The van der Waals surface area contributed by atoms with Crippen LogP contribution in [-0.2, 0) is 24.1 Å². The fraction of sp³-hybridized carbons (Fsp3) is 0.250. The minimum absolute atomic E-state index is 0.463. The van der Waals surface area contributed by atoms with E-state index in [2.05, 4.69) is 21.2 Å². The van der Waals surface area contributed by atoms with Gasteiger partial charge in [0.2, 0.25) is 17.7 Å². The molecule has 0 spiro atoms. The van der Waals surface area contributed by atoms with Crippen molar-refractivity contribution in [2.45, 2.75) is 29.6 Å². The van der Waals surface area contributed by atoms with Crippen LogP contribution in [0.3, 0.4) is 0 Å². The topological polar surface area (TPSA) is 66.5 Å². The highest BCUT2D eigenvalue weighted by Gasteiger charge is 2.73. The minimum atomic E-state index is -1.29. The van der Waals surface area contributed by atoms with Gasteiger partial charge in [0, 0.05) is 10.2 Å². The Balaban J connectivity index is 1.43. The van der Waals surface area contributed by atoms with Crippen LogP contribution in [-0.4, -0.2) is 28.7 Å². The first-order valence-electron chi connectivity index (χ1n) is 11.7. The van der Waals surface area contributed by atoms with E-state index in [0.717, 1.165) is 4.90 Å². The van der Waals surface area contributed by atoms with Crippen molar-refractivity contribution in [3.05, 3.63) is 98.0 Å². The predicted octanol–water partition coefficient (Wildman–Crippen LogP) is 6.33. The number of benzene rings is 3. The van der Waals surface area contributed by atoms with Gasteiger partial charge in [-0.3, -0.25) is 19.3 Å². The highest BCUT2D eigenvalue weighted by molar-refractivity contribution is 9.10. The maximum atomic E-state index is 14.0. The van der Waals surface area contributed by atoms with Gasteiger partial charge in [-0.25, -0.2) is 0 Å². The summed E-state index contributed by atoms with van der Waals surface area (Å²) in [4.78, 5) is 39.8. The summed E-state index contributed by atoms with van der Waals surface area (Å²) in [7, 11) is 0. The molecule has 1 fully saturated rings. The molecule has 3 aromatic rings. The molecule has 3 atom stereocenters. The SMILES string of the molecule is Cc1c(NC(=O)[C@H](C)N2C(=O)[C@H]3[C@H](C2=O)C2(Cl)c4ccccc4C3(Cl)c3ccccc32)ccc(Br)c1Cl. The molecule has 1 N–H and O–H groups in total. The normalized spacial score (nSPS) is 28.0. The van der Waals surface area contributed by atoms with E-state index in [4.69, 9.17) is 34.8 Å². The summed E-state index contributed by atoms with van der Waals surface area (Å²) in [6.45, 7) is 3.30. The van der Waals surface area contributed by atoms with Crippen LogP contribution in [0.15, 0.2) is 65.1 Å². The quantitative estimate of drug-likeness (QED) is 0.276. The van der Waals surface area contributed by atoms with Crippen LogP contribution in [0, 0.1) is 18.8 Å². The molecular formula is C28H20BrCl3N2O3. The highest BCUT2D eigenvalue weighted by Crippen LogP contribution is 2.69. The van der Waals surface area contributed by atoms with Crippen molar-refractivity contribution in [2.24, 2.45) is 11.8 Å². The van der Waals surface area contributed by atoms with Crippen LogP contribution in [0.5, 0.6) is 0 Å². The molecule has 3 aromatic carbocycles. The lowest BCUT2D eigenvalue weighted by Gasteiger charge is -2.54. The smallest absolute Gasteiger partial charge is 0.247 e. The van der Waals surface area contributed by atoms with E-state index < -0.39 is 45.3 Å². The lowest BCUT2D eigenvalue weighted by Crippen LogP contribution is -2.57. The number of alkyl halides is 2. The Kier molecular flexibility index (Phi) is 5.60. The summed E-state index contributed by atoms with van der Waals surface area (Å²) in [6.07, 6.45) is 0. The number of anilines is 1. The molecule has 7 rings (SSSR count). The van der Waals surface area contributed by atoms with Gasteiger partial charge >= 0.3 is 0 Å². The van der Waals surface area contributed by atoms with Crippen LogP contribution < -0.4 is 5.32 Å². The third kappa shape index (κ3) is 3.07. The Bertz CT molecular complexity index is 1420. The summed E-state index contributed by atoms with van der Waals surface area (Å²) < 4.78 is 0.695. The van der Waals surface area contributed by atoms with Crippen LogP contribution in [0.25, 0.3) is 0 Å². The number of hydrogen-bond acceptors (Lipinski definition) is 3. The second kappa shape index (κ2) is 8.31. The average Bonchev–Trinajstić information content (AvgIpc) is 3.18. The van der Waals surface area contributed by atoms with Gasteiger partial charge in [-0.15, -0.1) is 23.2 Å². The largest absolute Gasteiger partial charge is 0.324 e. The maximum absolute atomic E-state index is 14.0. The Morgan fingerprint density at radius 3 is 1.76 bits per heavy atom. The molecule has 188 valence electrons. The number of halogens is 4. The number of likely N-dealkylation sites (tertiary alicyclic amines) is 1. The van der Waals surface area contributed by atoms with Crippen LogP contribution >= 0.6 is 50.7 Å². The van der Waals surface area contributed by atoms with E-state index in [1.165, 1.54) is 6.92 Å². The van der Waals surface area contributed by atoms with E-state index in [1.807, 2.05) is 48.5 Å². The molecule has 3 aliphatic carbocycles. The van der Waals surface area contributed by atoms with Crippen LogP contribution in [0.4, 0.5) is 5.69 Å². The van der Waals surface area contributed by atoms with Gasteiger partial charge in [-0.1, -0.05) is 60.1 Å². The number of carbonyl (C=O) groups excluding carboxylic acids is 3. The average molecular weight is 619 g/mol. The molecule has 4 aliphatic rings. The lowest BCUT2D eigenvalue weighted by atomic mass is 9.54. The molecule has 3 amide bonds. The second-order valence-electron chi connectivity index (χ2n) is 9.72. The van der Waals surface area contributed by atoms with Crippen LogP contribution in [0.2, 0.25) is 5.02 Å². The summed E-state index contributed by atoms with van der Waals surface area (Å²) >= 11 is 24.6. The molecule has 2 bridgehead atoms. The molecule has 0 unspecified atom stereocenters. The highest BCUT2D eigenvalue weighted by atomic mass is 79.9. The summed E-state index contributed by atoms with van der Waals surface area (Å²) in [6, 6.07) is 17.2. The minimum Gasteiger partial charge on any atom is -0.324 e. The summed E-state index contributed by atoms with van der Waals surface area (Å²) in [5, 5.41) is 3.28. The van der Waals surface area contributed by atoms with Gasteiger partial charge in [0.25, 0.3) is 0 Å². The molecular weight excluding hydrogens is 599 g/mol. The number of carbonyl (C=O) groups is 3. The zero-order valence-electron chi connectivity index (χ0n) is 19.7. The first kappa shape index (κ1) is 24.9. The molecule has 1 aliphatic heterocycles. The Hall–Kier alpha value is -2.38. The predicted molar refractivity (Wildman–Crippen MR) is 147 cm³/mol. The lowest BCUT2D eigenvalue weighted by molar-refractivity contribution is -0.146. The number of nitrogens with one attached hydrogen (secondary N) is 1. The second-order valence-corrected chi connectivity index (χ2v) is 12.1. The van der Waals surface area contributed by atoms with Gasteiger partial charge in [0.1, 0.15) is 15.8 Å². The van der Waals surface area contributed by atoms with Gasteiger partial charge in [0.15, 0.2) is 0 Å². The Morgan fingerprint density at radius 1 is 0.892 bits per heavy atom. The van der Waals surface area contributed by atoms with Gasteiger partial charge in [-0.05, 0) is 69.7 Å². The van der Waals surface area contributed by atoms with Crippen molar-refractivity contribution in [2.75, 3.05) is 5.32 Å². The standard InChI is InChI=1S/C28H20BrCl3N2O3/c1-13-20(12-11-19(29)23(13)30)33-24(35)14(2)34-25(36)21-22(26(34)37)28(32)16-8-4-3-7-15(16)27(21,31)17-9-5-6-10-18(17)28/h3-12,14,21-22H,1-2H3,(H,33,35)/t14-,21+,22+,27?,28?/m0/s1. The van der Waals surface area contributed by atoms with Crippen molar-refractivity contribution < 1.29 is 14.4 Å². The van der Waals surface area contributed by atoms with E-state index in [-0.39, 0.29) is 0 Å². The van der Waals surface area contributed by atoms with Gasteiger partial charge in [-0.2, -0.15) is 0 Å². The number of nitrogens with zero attached hydrogens (tertiary/aromatic N) is 1. The number of rotatable bonds is 3. The fourth-order valence-corrected chi connectivity index (χ4v) is 7.90. The number of hydrogen-bond donors (Lipinski definition) is 1. The Labute approximate surface area is 237 Å². The first-order chi connectivity index (χ1) is 17.5. The molecule has 1 saturated heterocycles. The molecule has 0 saturated carbocycles. The van der Waals surface area contributed by atoms with E-state index in [1.54, 1.807) is 19.1 Å². The third-order valence-corrected chi connectivity index (χ3v) is 10.6. The van der Waals surface area contributed by atoms with E-state index in [0.29, 0.717) is 43.0 Å². The maximum Gasteiger partial charge on any atom is 0.247 e. The fourth-order valence-electron chi connectivity index (χ4n) is 6.21. The van der Waals surface area contributed by atoms with Crippen molar-refractivity contribution in [1.29, 1.82) is 0 Å². The van der Waals surface area contributed by atoms with Crippen molar-refractivity contribution in [3.63, 3.8) is 0 Å². The molecule has 9 heteroatoms.